The number of hydrogen-bond acceptors (Lipinski definition) is 6. The summed E-state index contributed by atoms with van der Waals surface area (Å²) in [6.07, 6.45) is -4.40. The minimum absolute atomic E-state index is 0.0623. The Labute approximate surface area is 102 Å². The highest BCUT2D eigenvalue weighted by Crippen LogP contribution is 2.37. The van der Waals surface area contributed by atoms with Crippen molar-refractivity contribution < 1.29 is 20.4 Å². The molecule has 0 radical (unpaired) electrons. The van der Waals surface area contributed by atoms with E-state index in [1.807, 2.05) is 0 Å². The second kappa shape index (κ2) is 5.68. The molecular formula is C11H24N2O4. The van der Waals surface area contributed by atoms with Gasteiger partial charge in [-0.3, -0.25) is 0 Å². The SMILES string of the molecule is CC(O)C(N)=C(N)C(C(C)O)(C(C)O)C(C)O. The summed E-state index contributed by atoms with van der Waals surface area (Å²) in [4.78, 5) is 0. The Morgan fingerprint density at radius 3 is 1.29 bits per heavy atom. The fourth-order valence-corrected chi connectivity index (χ4v) is 2.20. The standard InChI is InChI=1S/C11H24N2O4/c1-5(14)9(12)10(13)11(6(2)15,7(3)16)8(4)17/h5-8,14-17H,12-13H2,1-4H3. The summed E-state index contributed by atoms with van der Waals surface area (Å²) in [6, 6.07) is 0. The van der Waals surface area contributed by atoms with Crippen molar-refractivity contribution in [1.82, 2.24) is 0 Å². The van der Waals surface area contributed by atoms with E-state index in [2.05, 4.69) is 0 Å². The van der Waals surface area contributed by atoms with Crippen LogP contribution in [-0.2, 0) is 0 Å². The van der Waals surface area contributed by atoms with Gasteiger partial charge in [0.25, 0.3) is 0 Å². The average Bonchev–Trinajstić information content (AvgIpc) is 2.14. The number of aliphatic hydroxyl groups excluding tert-OH is 4. The second-order valence-corrected chi connectivity index (χ2v) is 4.51. The Morgan fingerprint density at radius 1 is 0.824 bits per heavy atom. The molecule has 0 amide bonds. The van der Waals surface area contributed by atoms with E-state index in [-0.39, 0.29) is 11.4 Å². The molecule has 102 valence electrons. The normalized spacial score (nSPS) is 24.2. The molecule has 0 heterocycles. The number of nitrogens with two attached hydrogens (primary N) is 2. The molecule has 8 N–H and O–H groups in total. The van der Waals surface area contributed by atoms with Crippen molar-refractivity contribution in [2.45, 2.75) is 52.1 Å². The summed E-state index contributed by atoms with van der Waals surface area (Å²) < 4.78 is 0. The molecule has 0 spiro atoms. The molecule has 4 atom stereocenters. The van der Waals surface area contributed by atoms with Gasteiger partial charge in [0.05, 0.1) is 35.5 Å². The van der Waals surface area contributed by atoms with E-state index in [1.54, 1.807) is 0 Å². The second-order valence-electron chi connectivity index (χ2n) is 4.51. The first kappa shape index (κ1) is 16.2. The van der Waals surface area contributed by atoms with E-state index in [4.69, 9.17) is 11.5 Å². The molecule has 0 rings (SSSR count). The highest BCUT2D eigenvalue weighted by Gasteiger charge is 2.48. The van der Waals surface area contributed by atoms with Crippen LogP contribution >= 0.6 is 0 Å². The van der Waals surface area contributed by atoms with Crippen molar-refractivity contribution in [3.05, 3.63) is 11.4 Å². The molecule has 6 heteroatoms. The third-order valence-corrected chi connectivity index (χ3v) is 3.30. The monoisotopic (exact) mass is 248 g/mol. The van der Waals surface area contributed by atoms with Crippen LogP contribution in [0.25, 0.3) is 0 Å². The Kier molecular flexibility index (Phi) is 5.41. The van der Waals surface area contributed by atoms with E-state index in [0.717, 1.165) is 0 Å². The zero-order chi connectivity index (χ0) is 14.0. The molecule has 4 unspecified atom stereocenters. The van der Waals surface area contributed by atoms with Crippen LogP contribution in [0.1, 0.15) is 27.7 Å². The van der Waals surface area contributed by atoms with Gasteiger partial charge < -0.3 is 31.9 Å². The molecule has 0 aliphatic heterocycles. The maximum atomic E-state index is 9.83. The predicted molar refractivity (Wildman–Crippen MR) is 64.6 cm³/mol. The third kappa shape index (κ3) is 2.71. The largest absolute Gasteiger partial charge is 0.400 e. The van der Waals surface area contributed by atoms with Crippen molar-refractivity contribution in [1.29, 1.82) is 0 Å². The van der Waals surface area contributed by atoms with Gasteiger partial charge in [-0.2, -0.15) is 0 Å². The van der Waals surface area contributed by atoms with E-state index < -0.39 is 29.8 Å². The first-order valence-corrected chi connectivity index (χ1v) is 5.57. The molecule has 6 nitrogen and oxygen atoms in total. The van der Waals surface area contributed by atoms with Gasteiger partial charge in [-0.15, -0.1) is 0 Å². The topological polar surface area (TPSA) is 133 Å². The molecule has 0 aromatic heterocycles. The smallest absolute Gasteiger partial charge is 0.0922 e. The van der Waals surface area contributed by atoms with Crippen LogP contribution in [0.15, 0.2) is 11.4 Å². The Hall–Kier alpha value is -0.820. The molecule has 0 aliphatic carbocycles. The zero-order valence-corrected chi connectivity index (χ0v) is 10.8. The van der Waals surface area contributed by atoms with Gasteiger partial charge in [-0.25, -0.2) is 0 Å². The van der Waals surface area contributed by atoms with Crippen LogP contribution < -0.4 is 11.5 Å². The first-order chi connectivity index (χ1) is 7.59. The van der Waals surface area contributed by atoms with Crippen LogP contribution in [0.3, 0.4) is 0 Å². The van der Waals surface area contributed by atoms with Crippen molar-refractivity contribution in [2.75, 3.05) is 0 Å². The molecule has 0 bridgehead atoms. The van der Waals surface area contributed by atoms with Crippen LogP contribution in [0, 0.1) is 5.41 Å². The van der Waals surface area contributed by atoms with E-state index in [9.17, 15) is 20.4 Å². The molecule has 0 saturated carbocycles. The lowest BCUT2D eigenvalue weighted by Gasteiger charge is -2.42. The Morgan fingerprint density at radius 2 is 1.12 bits per heavy atom. The lowest BCUT2D eigenvalue weighted by atomic mass is 9.70. The van der Waals surface area contributed by atoms with Gasteiger partial charge in [0, 0.05) is 5.70 Å². The lowest BCUT2D eigenvalue weighted by molar-refractivity contribution is -0.0984. The van der Waals surface area contributed by atoms with Crippen LogP contribution in [0.2, 0.25) is 0 Å². The van der Waals surface area contributed by atoms with Crippen LogP contribution in [0.5, 0.6) is 0 Å². The first-order valence-electron chi connectivity index (χ1n) is 5.57. The molecular weight excluding hydrogens is 224 g/mol. The van der Waals surface area contributed by atoms with Crippen molar-refractivity contribution in [3.8, 4) is 0 Å². The van der Waals surface area contributed by atoms with Crippen molar-refractivity contribution >= 4 is 0 Å². The Bertz CT molecular complexity index is 263. The minimum Gasteiger partial charge on any atom is -0.400 e. The van der Waals surface area contributed by atoms with Crippen molar-refractivity contribution in [2.24, 2.45) is 16.9 Å². The van der Waals surface area contributed by atoms with Gasteiger partial charge in [0.2, 0.25) is 0 Å². The lowest BCUT2D eigenvalue weighted by Crippen LogP contribution is -2.55. The summed E-state index contributed by atoms with van der Waals surface area (Å²) in [6.45, 7) is 5.63. The van der Waals surface area contributed by atoms with E-state index >= 15 is 0 Å². The quantitative estimate of drug-likeness (QED) is 0.355. The molecule has 0 aliphatic rings. The fourth-order valence-electron chi connectivity index (χ4n) is 2.20. The molecule has 0 aromatic rings. The van der Waals surface area contributed by atoms with E-state index in [1.165, 1.54) is 27.7 Å². The number of aliphatic hydroxyl groups is 4. The van der Waals surface area contributed by atoms with Gasteiger partial charge in [-0.05, 0) is 27.7 Å². The molecule has 0 fully saturated rings. The predicted octanol–water partition coefficient (Wildman–Crippen LogP) is -1.37. The fraction of sp³-hybridized carbons (Fsp3) is 0.818. The average molecular weight is 248 g/mol. The van der Waals surface area contributed by atoms with Crippen LogP contribution in [-0.4, -0.2) is 44.8 Å². The molecule has 0 saturated heterocycles. The third-order valence-electron chi connectivity index (χ3n) is 3.30. The van der Waals surface area contributed by atoms with Gasteiger partial charge >= 0.3 is 0 Å². The summed E-state index contributed by atoms with van der Waals surface area (Å²) in [5.74, 6) is 0. The number of rotatable bonds is 5. The van der Waals surface area contributed by atoms with Gasteiger partial charge in [-0.1, -0.05) is 0 Å². The Balaban J connectivity index is 5.87. The van der Waals surface area contributed by atoms with Crippen LogP contribution in [0.4, 0.5) is 0 Å². The highest BCUT2D eigenvalue weighted by atomic mass is 16.3. The summed E-state index contributed by atoms with van der Waals surface area (Å²) in [7, 11) is 0. The van der Waals surface area contributed by atoms with Crippen molar-refractivity contribution in [3.63, 3.8) is 0 Å². The summed E-state index contributed by atoms with van der Waals surface area (Å²) in [5, 5.41) is 38.9. The molecule has 17 heavy (non-hydrogen) atoms. The summed E-state index contributed by atoms with van der Waals surface area (Å²) in [5.41, 5.74) is 9.79. The number of hydrogen-bond donors (Lipinski definition) is 6. The van der Waals surface area contributed by atoms with Gasteiger partial charge in [0.15, 0.2) is 0 Å². The maximum Gasteiger partial charge on any atom is 0.0922 e. The highest BCUT2D eigenvalue weighted by molar-refractivity contribution is 5.24. The zero-order valence-electron chi connectivity index (χ0n) is 10.8. The van der Waals surface area contributed by atoms with E-state index in [0.29, 0.717) is 0 Å². The van der Waals surface area contributed by atoms with Gasteiger partial charge in [0.1, 0.15) is 0 Å². The molecule has 0 aromatic carbocycles. The maximum absolute atomic E-state index is 9.83. The summed E-state index contributed by atoms with van der Waals surface area (Å²) >= 11 is 0. The minimum atomic E-state index is -1.50.